The van der Waals surface area contributed by atoms with Gasteiger partial charge in [-0.1, -0.05) is 18.8 Å². The summed E-state index contributed by atoms with van der Waals surface area (Å²) in [5, 5.41) is 0.269. The molecule has 122 valence electrons. The number of nitrogens with one attached hydrogen (secondary N) is 1. The predicted molar refractivity (Wildman–Crippen MR) is 86.7 cm³/mol. The Morgan fingerprint density at radius 3 is 2.83 bits per heavy atom. The van der Waals surface area contributed by atoms with Gasteiger partial charge in [0.2, 0.25) is 5.71 Å². The Hall–Kier alpha value is -2.59. The average molecular weight is 317 g/mol. The van der Waals surface area contributed by atoms with Crippen molar-refractivity contribution in [2.75, 3.05) is 20.6 Å². The van der Waals surface area contributed by atoms with Gasteiger partial charge >= 0.3 is 11.6 Å². The summed E-state index contributed by atoms with van der Waals surface area (Å²) in [4.78, 5) is 32.3. The maximum absolute atomic E-state index is 12.2. The maximum atomic E-state index is 12.2. The fourth-order valence-electron chi connectivity index (χ4n) is 2.01. The van der Waals surface area contributed by atoms with Crippen LogP contribution in [0.4, 0.5) is 0 Å². The first-order valence-electron chi connectivity index (χ1n) is 7.27. The van der Waals surface area contributed by atoms with Crippen LogP contribution >= 0.6 is 0 Å². The second-order valence-corrected chi connectivity index (χ2v) is 5.31. The Labute approximate surface area is 133 Å². The van der Waals surface area contributed by atoms with Crippen LogP contribution in [0.25, 0.3) is 11.1 Å². The lowest BCUT2D eigenvalue weighted by Gasteiger charge is -2.09. The number of nitrogens with zero attached hydrogens (tertiary/aromatic N) is 2. The number of aryl methyl sites for hydroxylation is 1. The van der Waals surface area contributed by atoms with Gasteiger partial charge in [-0.05, 0) is 33.0 Å². The molecular formula is C16H19N3O4. The van der Waals surface area contributed by atoms with Crippen LogP contribution in [-0.2, 0) is 6.42 Å². The number of hydrogen-bond donors (Lipinski definition) is 1. The highest BCUT2D eigenvalue weighted by molar-refractivity contribution is 5.75. The normalized spacial score (nSPS) is 12.0. The van der Waals surface area contributed by atoms with Crippen molar-refractivity contribution in [3.8, 4) is 17.9 Å². The van der Waals surface area contributed by atoms with Crippen LogP contribution in [0.5, 0.6) is 6.01 Å². The van der Waals surface area contributed by atoms with Crippen molar-refractivity contribution in [2.45, 2.75) is 26.4 Å². The lowest BCUT2D eigenvalue weighted by Crippen LogP contribution is -2.18. The number of aromatic amines is 1. The minimum absolute atomic E-state index is 0.0226. The van der Waals surface area contributed by atoms with E-state index in [1.54, 1.807) is 6.92 Å². The number of H-pyrrole nitrogens is 1. The predicted octanol–water partition coefficient (Wildman–Crippen LogP) is 0.771. The van der Waals surface area contributed by atoms with Gasteiger partial charge in [-0.25, -0.2) is 4.79 Å². The molecular weight excluding hydrogens is 298 g/mol. The second-order valence-electron chi connectivity index (χ2n) is 5.31. The van der Waals surface area contributed by atoms with E-state index in [0.29, 0.717) is 18.5 Å². The third kappa shape index (κ3) is 4.20. The average Bonchev–Trinajstić information content (AvgIpc) is 2.45. The number of aromatic nitrogens is 2. The van der Waals surface area contributed by atoms with E-state index in [1.165, 1.54) is 6.07 Å². The third-order valence-corrected chi connectivity index (χ3v) is 3.04. The van der Waals surface area contributed by atoms with Crippen LogP contribution in [0.1, 0.15) is 19.4 Å². The quantitative estimate of drug-likeness (QED) is 0.838. The van der Waals surface area contributed by atoms with Crippen LogP contribution in [0, 0.1) is 11.8 Å². The van der Waals surface area contributed by atoms with Gasteiger partial charge in [-0.3, -0.25) is 14.7 Å². The van der Waals surface area contributed by atoms with E-state index in [-0.39, 0.29) is 17.1 Å². The Balaban J connectivity index is 2.34. The van der Waals surface area contributed by atoms with Crippen LogP contribution in [0.2, 0.25) is 0 Å². The SMILES string of the molecule is CCc1cc(=O)oc2nc(OC(C)C#CCN(C)C)[nH]c(=O)c12. The maximum Gasteiger partial charge on any atom is 0.337 e. The molecule has 0 bridgehead atoms. The summed E-state index contributed by atoms with van der Waals surface area (Å²) in [6, 6.07) is 1.28. The third-order valence-electron chi connectivity index (χ3n) is 3.04. The van der Waals surface area contributed by atoms with Crippen molar-refractivity contribution < 1.29 is 9.15 Å². The summed E-state index contributed by atoms with van der Waals surface area (Å²) in [5.74, 6) is 5.84. The number of hydrogen-bond acceptors (Lipinski definition) is 6. The number of rotatable bonds is 4. The van der Waals surface area contributed by atoms with Gasteiger partial charge in [-0.15, -0.1) is 0 Å². The van der Waals surface area contributed by atoms with Gasteiger partial charge in [0.25, 0.3) is 5.56 Å². The van der Waals surface area contributed by atoms with E-state index in [1.807, 2.05) is 25.9 Å². The Morgan fingerprint density at radius 1 is 1.43 bits per heavy atom. The van der Waals surface area contributed by atoms with E-state index in [0.717, 1.165) is 0 Å². The molecule has 0 aliphatic heterocycles. The number of fused-ring (bicyclic) bond motifs is 1. The van der Waals surface area contributed by atoms with E-state index in [4.69, 9.17) is 9.15 Å². The Bertz CT molecular complexity index is 871. The lowest BCUT2D eigenvalue weighted by atomic mass is 10.1. The first-order valence-corrected chi connectivity index (χ1v) is 7.27. The van der Waals surface area contributed by atoms with E-state index >= 15 is 0 Å². The molecule has 7 heteroatoms. The zero-order valence-corrected chi connectivity index (χ0v) is 13.6. The number of ether oxygens (including phenoxy) is 1. The Morgan fingerprint density at radius 2 is 2.17 bits per heavy atom. The van der Waals surface area contributed by atoms with Crippen LogP contribution in [0.3, 0.4) is 0 Å². The van der Waals surface area contributed by atoms with Crippen molar-refractivity contribution in [1.29, 1.82) is 0 Å². The zero-order valence-electron chi connectivity index (χ0n) is 13.6. The molecule has 0 aliphatic carbocycles. The largest absolute Gasteiger partial charge is 0.448 e. The Kier molecular flexibility index (Phi) is 5.19. The molecule has 1 unspecified atom stereocenters. The van der Waals surface area contributed by atoms with Crippen molar-refractivity contribution in [3.63, 3.8) is 0 Å². The monoisotopic (exact) mass is 317 g/mol. The topological polar surface area (TPSA) is 88.4 Å². The van der Waals surface area contributed by atoms with E-state index < -0.39 is 17.3 Å². The smallest absolute Gasteiger partial charge is 0.337 e. The highest BCUT2D eigenvalue weighted by Gasteiger charge is 2.13. The fourth-order valence-corrected chi connectivity index (χ4v) is 2.01. The first-order chi connectivity index (χ1) is 10.9. The molecule has 0 aliphatic rings. The van der Waals surface area contributed by atoms with E-state index in [2.05, 4.69) is 21.8 Å². The molecule has 0 saturated carbocycles. The summed E-state index contributed by atoms with van der Waals surface area (Å²) in [5.41, 5.74) is -0.381. The van der Waals surface area contributed by atoms with Crippen molar-refractivity contribution in [1.82, 2.24) is 14.9 Å². The van der Waals surface area contributed by atoms with Crippen molar-refractivity contribution in [2.24, 2.45) is 0 Å². The molecule has 0 amide bonds. The standard InChI is InChI=1S/C16H19N3O4/c1-5-11-9-12(20)23-15-13(11)14(21)17-16(18-15)22-10(2)7-6-8-19(3)4/h9-10H,5,8H2,1-4H3,(H,17,18,21). The summed E-state index contributed by atoms with van der Waals surface area (Å²) in [6.45, 7) is 4.19. The van der Waals surface area contributed by atoms with Crippen LogP contribution < -0.4 is 15.9 Å². The van der Waals surface area contributed by atoms with Gasteiger partial charge in [0.1, 0.15) is 5.39 Å². The minimum Gasteiger partial charge on any atom is -0.448 e. The van der Waals surface area contributed by atoms with Gasteiger partial charge in [0.05, 0.1) is 6.54 Å². The van der Waals surface area contributed by atoms with Gasteiger partial charge in [0.15, 0.2) is 6.10 Å². The summed E-state index contributed by atoms with van der Waals surface area (Å²) in [7, 11) is 3.83. The molecule has 1 atom stereocenters. The van der Waals surface area contributed by atoms with Gasteiger partial charge in [-0.2, -0.15) is 4.98 Å². The molecule has 2 aromatic rings. The molecule has 2 aromatic heterocycles. The molecule has 0 fully saturated rings. The molecule has 23 heavy (non-hydrogen) atoms. The summed E-state index contributed by atoms with van der Waals surface area (Å²) >= 11 is 0. The summed E-state index contributed by atoms with van der Waals surface area (Å²) < 4.78 is 10.5. The summed E-state index contributed by atoms with van der Waals surface area (Å²) in [6.07, 6.45) is 0.0658. The van der Waals surface area contributed by atoms with Gasteiger partial charge < -0.3 is 9.15 Å². The first kappa shape index (κ1) is 16.8. The molecule has 1 N–H and O–H groups in total. The molecule has 7 nitrogen and oxygen atoms in total. The zero-order chi connectivity index (χ0) is 17.0. The molecule has 0 spiro atoms. The molecule has 2 rings (SSSR count). The van der Waals surface area contributed by atoms with Gasteiger partial charge in [0, 0.05) is 6.07 Å². The second kappa shape index (κ2) is 7.11. The van der Waals surface area contributed by atoms with Crippen LogP contribution in [0.15, 0.2) is 20.1 Å². The molecule has 0 saturated heterocycles. The molecule has 2 heterocycles. The van der Waals surface area contributed by atoms with Crippen molar-refractivity contribution >= 4 is 11.1 Å². The van der Waals surface area contributed by atoms with Crippen LogP contribution in [-0.4, -0.2) is 41.6 Å². The molecule has 0 aromatic carbocycles. The lowest BCUT2D eigenvalue weighted by molar-refractivity contribution is 0.254. The molecule has 0 radical (unpaired) electrons. The van der Waals surface area contributed by atoms with Crippen molar-refractivity contribution in [3.05, 3.63) is 32.4 Å². The van der Waals surface area contributed by atoms with E-state index in [9.17, 15) is 9.59 Å². The highest BCUT2D eigenvalue weighted by atomic mass is 16.5. The minimum atomic E-state index is -0.544. The fraction of sp³-hybridized carbons (Fsp3) is 0.438. The highest BCUT2D eigenvalue weighted by Crippen LogP contribution is 2.13.